The molecule has 0 N–H and O–H groups in total. The molecule has 0 aliphatic heterocycles. The van der Waals surface area contributed by atoms with Gasteiger partial charge in [0.2, 0.25) is 0 Å². The summed E-state index contributed by atoms with van der Waals surface area (Å²) in [4.78, 5) is 1.30. The molecule has 2 aromatic rings. The van der Waals surface area contributed by atoms with Crippen molar-refractivity contribution >= 4 is 35.3 Å². The number of methoxy groups -OCH3 is 1. The van der Waals surface area contributed by atoms with Crippen molar-refractivity contribution in [3.05, 3.63) is 59.7 Å². The van der Waals surface area contributed by atoms with Crippen molar-refractivity contribution in [1.29, 1.82) is 0 Å². The SMILES string of the molecule is COc1ccc(C(SC)(SC)c2ccc(SC)cc2)cc1. The number of hydrogen-bond donors (Lipinski definition) is 0. The van der Waals surface area contributed by atoms with Crippen molar-refractivity contribution in [2.75, 3.05) is 25.9 Å². The van der Waals surface area contributed by atoms with Gasteiger partial charge in [0.05, 0.1) is 7.11 Å². The number of ether oxygens (including phenoxy) is 1. The van der Waals surface area contributed by atoms with E-state index in [2.05, 4.69) is 55.2 Å². The van der Waals surface area contributed by atoms with E-state index < -0.39 is 0 Å². The van der Waals surface area contributed by atoms with Gasteiger partial charge in [-0.1, -0.05) is 24.3 Å². The van der Waals surface area contributed by atoms with Crippen LogP contribution in [0.5, 0.6) is 5.75 Å². The maximum atomic E-state index is 5.27. The molecule has 0 heterocycles. The van der Waals surface area contributed by atoms with E-state index in [-0.39, 0.29) is 4.08 Å². The van der Waals surface area contributed by atoms with Crippen LogP contribution in [0.3, 0.4) is 0 Å². The zero-order valence-corrected chi connectivity index (χ0v) is 15.2. The molecule has 0 aromatic heterocycles. The summed E-state index contributed by atoms with van der Waals surface area (Å²) in [7, 11) is 1.70. The van der Waals surface area contributed by atoms with Gasteiger partial charge in [-0.3, -0.25) is 0 Å². The first-order valence-electron chi connectivity index (χ1n) is 6.59. The lowest BCUT2D eigenvalue weighted by molar-refractivity contribution is 0.414. The Morgan fingerprint density at radius 3 is 1.62 bits per heavy atom. The van der Waals surface area contributed by atoms with Crippen LogP contribution in [0.1, 0.15) is 11.1 Å². The number of benzene rings is 2. The van der Waals surface area contributed by atoms with Crippen molar-refractivity contribution in [3.8, 4) is 5.75 Å². The van der Waals surface area contributed by atoms with E-state index in [0.717, 1.165) is 5.75 Å². The lowest BCUT2D eigenvalue weighted by Gasteiger charge is -2.31. The summed E-state index contributed by atoms with van der Waals surface area (Å²) in [6, 6.07) is 17.3. The average molecular weight is 337 g/mol. The molecule has 1 nitrogen and oxygen atoms in total. The number of rotatable bonds is 6. The monoisotopic (exact) mass is 336 g/mol. The quantitative estimate of drug-likeness (QED) is 0.519. The van der Waals surface area contributed by atoms with Gasteiger partial charge < -0.3 is 4.74 Å². The Kier molecular flexibility index (Phi) is 5.97. The van der Waals surface area contributed by atoms with Crippen molar-refractivity contribution in [2.45, 2.75) is 8.97 Å². The van der Waals surface area contributed by atoms with Crippen LogP contribution in [0.2, 0.25) is 0 Å². The minimum Gasteiger partial charge on any atom is -0.497 e. The molecule has 0 saturated carbocycles. The van der Waals surface area contributed by atoms with Crippen LogP contribution in [0.4, 0.5) is 0 Å². The van der Waals surface area contributed by atoms with Gasteiger partial charge in [0, 0.05) is 4.90 Å². The fourth-order valence-corrected chi connectivity index (χ4v) is 4.90. The van der Waals surface area contributed by atoms with Crippen LogP contribution in [0, 0.1) is 0 Å². The molecule has 21 heavy (non-hydrogen) atoms. The lowest BCUT2D eigenvalue weighted by atomic mass is 10.0. The molecule has 0 unspecified atom stereocenters. The van der Waals surface area contributed by atoms with Gasteiger partial charge in [0.15, 0.2) is 0 Å². The maximum absolute atomic E-state index is 5.27. The van der Waals surface area contributed by atoms with E-state index in [4.69, 9.17) is 4.74 Å². The molecule has 4 heteroatoms. The second-order valence-corrected chi connectivity index (χ2v) is 7.66. The molecule has 0 saturated heterocycles. The molecule has 0 bridgehead atoms. The van der Waals surface area contributed by atoms with E-state index in [1.807, 2.05) is 35.7 Å². The van der Waals surface area contributed by atoms with Crippen LogP contribution in [0.25, 0.3) is 0 Å². The highest BCUT2D eigenvalue weighted by Crippen LogP contribution is 2.50. The Morgan fingerprint density at radius 2 is 1.24 bits per heavy atom. The van der Waals surface area contributed by atoms with Crippen molar-refractivity contribution < 1.29 is 4.74 Å². The first-order valence-corrected chi connectivity index (χ1v) is 10.3. The van der Waals surface area contributed by atoms with Gasteiger partial charge in [-0.25, -0.2) is 0 Å². The Labute approximate surface area is 140 Å². The van der Waals surface area contributed by atoms with Crippen LogP contribution in [-0.4, -0.2) is 25.9 Å². The molecule has 112 valence electrons. The maximum Gasteiger partial charge on any atom is 0.118 e. The third kappa shape index (κ3) is 3.38. The van der Waals surface area contributed by atoms with E-state index in [1.165, 1.54) is 16.0 Å². The second-order valence-electron chi connectivity index (χ2n) is 4.48. The van der Waals surface area contributed by atoms with Gasteiger partial charge >= 0.3 is 0 Å². The second kappa shape index (κ2) is 7.52. The van der Waals surface area contributed by atoms with E-state index in [9.17, 15) is 0 Å². The average Bonchev–Trinajstić information content (AvgIpc) is 2.57. The van der Waals surface area contributed by atoms with Crippen LogP contribution in [-0.2, 0) is 4.08 Å². The predicted molar refractivity (Wildman–Crippen MR) is 99.0 cm³/mol. The fourth-order valence-electron chi connectivity index (χ4n) is 2.34. The third-order valence-corrected chi connectivity index (χ3v) is 7.35. The Morgan fingerprint density at radius 1 is 0.762 bits per heavy atom. The molecule has 0 radical (unpaired) electrons. The summed E-state index contributed by atoms with van der Waals surface area (Å²) >= 11 is 5.51. The zero-order chi connectivity index (χ0) is 15.3. The summed E-state index contributed by atoms with van der Waals surface area (Å²) in [5.41, 5.74) is 2.62. The van der Waals surface area contributed by atoms with E-state index >= 15 is 0 Å². The topological polar surface area (TPSA) is 9.23 Å². The normalized spacial score (nSPS) is 11.4. The van der Waals surface area contributed by atoms with Gasteiger partial charge in [-0.2, -0.15) is 0 Å². The summed E-state index contributed by atoms with van der Waals surface area (Å²) in [6.07, 6.45) is 6.45. The Hall–Kier alpha value is -0.710. The van der Waals surface area contributed by atoms with Gasteiger partial charge in [-0.15, -0.1) is 35.3 Å². The number of thioether (sulfide) groups is 3. The highest BCUT2D eigenvalue weighted by Gasteiger charge is 2.32. The highest BCUT2D eigenvalue weighted by atomic mass is 32.2. The standard InChI is InChI=1S/C17H20OS3/c1-18-15-9-5-13(6-10-15)17(20-3,21-4)14-7-11-16(19-2)12-8-14/h5-12H,1-4H3. The van der Waals surface area contributed by atoms with Gasteiger partial charge in [0.25, 0.3) is 0 Å². The molecule has 0 fully saturated rings. The predicted octanol–water partition coefficient (Wildman–Crippen LogP) is 5.34. The van der Waals surface area contributed by atoms with Crippen molar-refractivity contribution in [3.63, 3.8) is 0 Å². The summed E-state index contributed by atoms with van der Waals surface area (Å²) in [5.74, 6) is 0.896. The Balaban J connectivity index is 2.46. The molecule has 0 aliphatic carbocycles. The zero-order valence-electron chi connectivity index (χ0n) is 12.8. The van der Waals surface area contributed by atoms with E-state index in [1.54, 1.807) is 18.9 Å². The minimum atomic E-state index is -0.0801. The first-order chi connectivity index (χ1) is 10.2. The van der Waals surface area contributed by atoms with Crippen molar-refractivity contribution in [2.24, 2.45) is 0 Å². The largest absolute Gasteiger partial charge is 0.497 e. The first kappa shape index (κ1) is 16.7. The third-order valence-electron chi connectivity index (χ3n) is 3.52. The summed E-state index contributed by atoms with van der Waals surface area (Å²) in [6.45, 7) is 0. The fraction of sp³-hybridized carbons (Fsp3) is 0.294. The smallest absolute Gasteiger partial charge is 0.118 e. The van der Waals surface area contributed by atoms with Crippen LogP contribution < -0.4 is 4.74 Å². The van der Waals surface area contributed by atoms with Gasteiger partial charge in [0.1, 0.15) is 9.83 Å². The summed E-state index contributed by atoms with van der Waals surface area (Å²) in [5, 5.41) is 0. The lowest BCUT2D eigenvalue weighted by Crippen LogP contribution is -2.18. The molecule has 2 rings (SSSR count). The molecule has 2 aromatic carbocycles. The molecule has 0 atom stereocenters. The highest BCUT2D eigenvalue weighted by molar-refractivity contribution is 8.17. The molecular weight excluding hydrogens is 316 g/mol. The Bertz CT molecular complexity index is 510. The molecule has 0 amide bonds. The minimum absolute atomic E-state index is 0.0801. The van der Waals surface area contributed by atoms with Crippen LogP contribution >= 0.6 is 35.3 Å². The van der Waals surface area contributed by atoms with Crippen molar-refractivity contribution in [1.82, 2.24) is 0 Å². The molecular formula is C17H20OS3. The molecule has 0 aliphatic rings. The molecule has 0 spiro atoms. The van der Waals surface area contributed by atoms with Gasteiger partial charge in [-0.05, 0) is 54.2 Å². The summed E-state index contributed by atoms with van der Waals surface area (Å²) < 4.78 is 5.19. The van der Waals surface area contributed by atoms with Crippen LogP contribution in [0.15, 0.2) is 53.4 Å². The van der Waals surface area contributed by atoms with E-state index in [0.29, 0.717) is 0 Å². The number of hydrogen-bond acceptors (Lipinski definition) is 4.